The van der Waals surface area contributed by atoms with Crippen molar-refractivity contribution in [3.8, 4) is 0 Å². The second-order valence-corrected chi connectivity index (χ2v) is 5.07. The van der Waals surface area contributed by atoms with E-state index < -0.39 is 9.84 Å². The van der Waals surface area contributed by atoms with Gasteiger partial charge in [0, 0.05) is 12.3 Å². The molecule has 1 rings (SSSR count). The van der Waals surface area contributed by atoms with Crippen molar-refractivity contribution >= 4 is 22.2 Å². The van der Waals surface area contributed by atoms with E-state index in [-0.39, 0.29) is 18.4 Å². The second kappa shape index (κ2) is 4.28. The highest BCUT2D eigenvalue weighted by Gasteiger charge is 2.18. The summed E-state index contributed by atoms with van der Waals surface area (Å²) in [6.45, 7) is 0.972. The summed E-state index contributed by atoms with van der Waals surface area (Å²) >= 11 is 0. The van der Waals surface area contributed by atoms with Crippen molar-refractivity contribution in [3.63, 3.8) is 0 Å². The predicted octanol–water partition coefficient (Wildman–Crippen LogP) is 0.205. The fraction of sp³-hybridized carbons (Fsp3) is 1.00. The van der Waals surface area contributed by atoms with Crippen molar-refractivity contribution in [1.82, 2.24) is 5.32 Å². The van der Waals surface area contributed by atoms with Crippen LogP contribution in [0.5, 0.6) is 0 Å². The topological polar surface area (TPSA) is 46.2 Å². The molecule has 1 fully saturated rings. The first-order valence-corrected chi connectivity index (χ1v) is 5.55. The molecular formula is C6H14ClNO2S. The average Bonchev–Trinajstić information content (AvgIpc) is 2.12. The number of hydrogen-bond donors (Lipinski definition) is 1. The highest BCUT2D eigenvalue weighted by atomic mass is 35.5. The Morgan fingerprint density at radius 2 is 2.18 bits per heavy atom. The molecule has 5 heteroatoms. The smallest absolute Gasteiger partial charge is 0.148 e. The van der Waals surface area contributed by atoms with Gasteiger partial charge in [0.1, 0.15) is 9.84 Å². The summed E-state index contributed by atoms with van der Waals surface area (Å²) in [6, 6.07) is 0.218. The molecule has 68 valence electrons. The molecule has 1 aliphatic heterocycles. The predicted molar refractivity (Wildman–Crippen MR) is 48.0 cm³/mol. The van der Waals surface area contributed by atoms with E-state index in [1.54, 1.807) is 0 Å². The minimum absolute atomic E-state index is 0. The molecule has 0 amide bonds. The number of sulfone groups is 1. The standard InChI is InChI=1S/C6H13NO2S.ClH/c1-10(8,9)5-6-3-2-4-7-6;/h6-7H,2-5H2,1H3;1H/t6-;/m1./s1. The Labute approximate surface area is 73.9 Å². The summed E-state index contributed by atoms with van der Waals surface area (Å²) in [4.78, 5) is 0. The molecule has 0 spiro atoms. The first kappa shape index (κ1) is 11.2. The largest absolute Gasteiger partial charge is 0.313 e. The van der Waals surface area contributed by atoms with E-state index in [0.717, 1.165) is 19.4 Å². The van der Waals surface area contributed by atoms with Crippen molar-refractivity contribution in [2.75, 3.05) is 18.6 Å². The monoisotopic (exact) mass is 199 g/mol. The Morgan fingerprint density at radius 1 is 1.55 bits per heavy atom. The number of nitrogens with one attached hydrogen (secondary N) is 1. The number of rotatable bonds is 2. The molecule has 0 radical (unpaired) electrons. The van der Waals surface area contributed by atoms with Crippen molar-refractivity contribution < 1.29 is 8.42 Å². The third-order valence-corrected chi connectivity index (χ3v) is 2.67. The van der Waals surface area contributed by atoms with Crippen LogP contribution in [-0.2, 0) is 9.84 Å². The van der Waals surface area contributed by atoms with Crippen LogP contribution in [0, 0.1) is 0 Å². The van der Waals surface area contributed by atoms with E-state index >= 15 is 0 Å². The zero-order valence-corrected chi connectivity index (χ0v) is 8.17. The second-order valence-electron chi connectivity index (χ2n) is 2.89. The first-order chi connectivity index (χ1) is 4.58. The molecule has 0 bridgehead atoms. The Hall–Kier alpha value is 0.200. The Balaban J connectivity index is 0.000001000. The maximum atomic E-state index is 10.7. The van der Waals surface area contributed by atoms with Gasteiger partial charge in [-0.05, 0) is 19.4 Å². The van der Waals surface area contributed by atoms with Gasteiger partial charge in [-0.2, -0.15) is 0 Å². The average molecular weight is 200 g/mol. The SMILES string of the molecule is CS(=O)(=O)C[C@H]1CCCN1.Cl. The van der Waals surface area contributed by atoms with Crippen LogP contribution < -0.4 is 5.32 Å². The van der Waals surface area contributed by atoms with Crippen LogP contribution in [0.2, 0.25) is 0 Å². The van der Waals surface area contributed by atoms with E-state index in [1.165, 1.54) is 6.26 Å². The Kier molecular flexibility index (Phi) is 4.36. The minimum atomic E-state index is -2.77. The third-order valence-electron chi connectivity index (χ3n) is 1.67. The lowest BCUT2D eigenvalue weighted by Crippen LogP contribution is -2.29. The Bertz CT molecular complexity index is 197. The molecule has 1 heterocycles. The zero-order valence-electron chi connectivity index (χ0n) is 6.54. The van der Waals surface area contributed by atoms with Crippen LogP contribution in [0.15, 0.2) is 0 Å². The summed E-state index contributed by atoms with van der Waals surface area (Å²) in [5.74, 6) is 0.299. The Morgan fingerprint density at radius 3 is 2.55 bits per heavy atom. The highest BCUT2D eigenvalue weighted by Crippen LogP contribution is 2.06. The molecule has 0 aromatic heterocycles. The third kappa shape index (κ3) is 4.61. The van der Waals surface area contributed by atoms with Gasteiger partial charge in [-0.3, -0.25) is 0 Å². The quantitative estimate of drug-likeness (QED) is 0.692. The van der Waals surface area contributed by atoms with Gasteiger partial charge in [0.05, 0.1) is 5.75 Å². The fourth-order valence-corrected chi connectivity index (χ4v) is 2.28. The van der Waals surface area contributed by atoms with Gasteiger partial charge in [-0.1, -0.05) is 0 Å². The van der Waals surface area contributed by atoms with Crippen LogP contribution >= 0.6 is 12.4 Å². The van der Waals surface area contributed by atoms with E-state index in [2.05, 4.69) is 5.32 Å². The highest BCUT2D eigenvalue weighted by molar-refractivity contribution is 7.90. The molecule has 1 N–H and O–H groups in total. The zero-order chi connectivity index (χ0) is 7.61. The number of halogens is 1. The van der Waals surface area contributed by atoms with Crippen molar-refractivity contribution in [2.45, 2.75) is 18.9 Å². The molecule has 1 atom stereocenters. The van der Waals surface area contributed by atoms with Crippen molar-refractivity contribution in [1.29, 1.82) is 0 Å². The summed E-state index contributed by atoms with van der Waals surface area (Å²) in [6.07, 6.45) is 3.40. The maximum Gasteiger partial charge on any atom is 0.148 e. The molecule has 0 aliphatic carbocycles. The fourth-order valence-electron chi connectivity index (χ4n) is 1.26. The van der Waals surface area contributed by atoms with Gasteiger partial charge >= 0.3 is 0 Å². The van der Waals surface area contributed by atoms with Crippen LogP contribution in [0.4, 0.5) is 0 Å². The first-order valence-electron chi connectivity index (χ1n) is 3.49. The van der Waals surface area contributed by atoms with E-state index in [9.17, 15) is 8.42 Å². The minimum Gasteiger partial charge on any atom is -0.313 e. The van der Waals surface area contributed by atoms with Gasteiger partial charge in [0.15, 0.2) is 0 Å². The van der Waals surface area contributed by atoms with Crippen LogP contribution in [0.25, 0.3) is 0 Å². The van der Waals surface area contributed by atoms with Gasteiger partial charge in [0.2, 0.25) is 0 Å². The lowest BCUT2D eigenvalue weighted by molar-refractivity contribution is 0.582. The van der Waals surface area contributed by atoms with E-state index in [0.29, 0.717) is 5.75 Å². The molecule has 1 saturated heterocycles. The summed E-state index contributed by atoms with van der Waals surface area (Å²) in [7, 11) is -2.77. The van der Waals surface area contributed by atoms with Gasteiger partial charge in [-0.25, -0.2) is 8.42 Å². The van der Waals surface area contributed by atoms with Gasteiger partial charge in [0.25, 0.3) is 0 Å². The van der Waals surface area contributed by atoms with E-state index in [1.807, 2.05) is 0 Å². The maximum absolute atomic E-state index is 10.7. The summed E-state index contributed by atoms with van der Waals surface area (Å²) in [5.41, 5.74) is 0. The summed E-state index contributed by atoms with van der Waals surface area (Å²) < 4.78 is 21.5. The van der Waals surface area contributed by atoms with Crippen LogP contribution in [0.3, 0.4) is 0 Å². The lowest BCUT2D eigenvalue weighted by atomic mass is 10.3. The molecule has 0 saturated carbocycles. The molecule has 0 aromatic rings. The molecule has 1 aliphatic rings. The number of hydrogen-bond acceptors (Lipinski definition) is 3. The van der Waals surface area contributed by atoms with Crippen LogP contribution in [0.1, 0.15) is 12.8 Å². The molecular weight excluding hydrogens is 186 g/mol. The van der Waals surface area contributed by atoms with Gasteiger partial charge < -0.3 is 5.32 Å². The summed E-state index contributed by atoms with van der Waals surface area (Å²) in [5, 5.41) is 3.13. The molecule has 11 heavy (non-hydrogen) atoms. The van der Waals surface area contributed by atoms with Crippen molar-refractivity contribution in [3.05, 3.63) is 0 Å². The normalized spacial score (nSPS) is 24.6. The molecule has 0 aromatic carbocycles. The molecule has 0 unspecified atom stereocenters. The van der Waals surface area contributed by atoms with E-state index in [4.69, 9.17) is 0 Å². The van der Waals surface area contributed by atoms with Crippen LogP contribution in [-0.4, -0.2) is 33.0 Å². The molecule has 3 nitrogen and oxygen atoms in total. The van der Waals surface area contributed by atoms with Crippen molar-refractivity contribution in [2.24, 2.45) is 0 Å². The lowest BCUT2D eigenvalue weighted by Gasteiger charge is -2.06. The van der Waals surface area contributed by atoms with Gasteiger partial charge in [-0.15, -0.1) is 12.4 Å².